The molecule has 1 aliphatic heterocycles. The summed E-state index contributed by atoms with van der Waals surface area (Å²) in [6, 6.07) is 16.8. The van der Waals surface area contributed by atoms with Crippen molar-refractivity contribution in [2.24, 2.45) is 5.41 Å². The van der Waals surface area contributed by atoms with Crippen LogP contribution in [0.5, 0.6) is 5.75 Å². The molecule has 0 spiro atoms. The van der Waals surface area contributed by atoms with E-state index in [0.29, 0.717) is 18.7 Å². The number of carbonyl (C=O) groups excluding carboxylic acids is 1. The van der Waals surface area contributed by atoms with Crippen molar-refractivity contribution in [1.29, 1.82) is 0 Å². The molecule has 1 aliphatic rings. The number of carbonyl (C=O) groups is 1. The Morgan fingerprint density at radius 3 is 2.48 bits per heavy atom. The summed E-state index contributed by atoms with van der Waals surface area (Å²) < 4.78 is 5.36. The van der Waals surface area contributed by atoms with E-state index in [2.05, 4.69) is 0 Å². The Morgan fingerprint density at radius 2 is 1.78 bits per heavy atom. The molecule has 4 heteroatoms. The first-order chi connectivity index (χ1) is 11.1. The van der Waals surface area contributed by atoms with E-state index in [-0.39, 0.29) is 5.91 Å². The van der Waals surface area contributed by atoms with E-state index in [1.807, 2.05) is 61.5 Å². The summed E-state index contributed by atoms with van der Waals surface area (Å²) in [5.41, 5.74) is 0.691. The molecule has 2 aromatic rings. The summed E-state index contributed by atoms with van der Waals surface area (Å²) in [6.45, 7) is 2.40. The van der Waals surface area contributed by atoms with Gasteiger partial charge < -0.3 is 14.7 Å². The Kier molecular flexibility index (Phi) is 4.09. The van der Waals surface area contributed by atoms with E-state index < -0.39 is 11.5 Å². The normalized spacial score (nSPS) is 22.2. The monoisotopic (exact) mass is 311 g/mol. The minimum atomic E-state index is -0.831. The van der Waals surface area contributed by atoms with Crippen LogP contribution in [0.4, 0.5) is 5.69 Å². The van der Waals surface area contributed by atoms with Crippen molar-refractivity contribution >= 4 is 11.6 Å². The number of ether oxygens (including phenoxy) is 1. The van der Waals surface area contributed by atoms with Gasteiger partial charge in [-0.15, -0.1) is 0 Å². The molecule has 1 N–H and O–H groups in total. The predicted molar refractivity (Wildman–Crippen MR) is 89.5 cm³/mol. The number of anilines is 1. The number of benzene rings is 2. The van der Waals surface area contributed by atoms with Gasteiger partial charge in [0.2, 0.25) is 5.91 Å². The lowest BCUT2D eigenvalue weighted by Crippen LogP contribution is -2.37. The van der Waals surface area contributed by atoms with Crippen LogP contribution in [0.25, 0.3) is 0 Å². The molecule has 3 rings (SSSR count). The lowest BCUT2D eigenvalue weighted by atomic mass is 9.79. The van der Waals surface area contributed by atoms with E-state index in [9.17, 15) is 9.90 Å². The Hall–Kier alpha value is -2.33. The van der Waals surface area contributed by atoms with E-state index in [4.69, 9.17) is 4.74 Å². The number of methoxy groups -OCH3 is 1. The molecule has 2 atom stereocenters. The molecule has 2 aromatic carbocycles. The van der Waals surface area contributed by atoms with Crippen LogP contribution in [0.2, 0.25) is 0 Å². The van der Waals surface area contributed by atoms with Gasteiger partial charge in [0.25, 0.3) is 0 Å². The topological polar surface area (TPSA) is 49.8 Å². The van der Waals surface area contributed by atoms with Crippen LogP contribution in [0, 0.1) is 5.41 Å². The quantitative estimate of drug-likeness (QED) is 0.943. The van der Waals surface area contributed by atoms with Crippen molar-refractivity contribution in [1.82, 2.24) is 0 Å². The smallest absolute Gasteiger partial charge is 0.236 e. The van der Waals surface area contributed by atoms with Gasteiger partial charge in [-0.1, -0.05) is 42.5 Å². The molecular formula is C19H21NO3. The SMILES string of the molecule is COc1ccccc1N1CC[C@@](C)([C@@H](O)c2ccccc2)C1=O. The Balaban J connectivity index is 1.91. The Morgan fingerprint density at radius 1 is 1.13 bits per heavy atom. The van der Waals surface area contributed by atoms with Crippen LogP contribution in [0.1, 0.15) is 25.0 Å². The average Bonchev–Trinajstić information content (AvgIpc) is 2.91. The Labute approximate surface area is 136 Å². The van der Waals surface area contributed by atoms with Gasteiger partial charge in [0.1, 0.15) is 5.75 Å². The second-order valence-corrected chi connectivity index (χ2v) is 6.11. The van der Waals surface area contributed by atoms with Crippen LogP contribution in [-0.4, -0.2) is 24.7 Å². The minimum Gasteiger partial charge on any atom is -0.495 e. The maximum atomic E-state index is 13.0. The molecule has 1 saturated heterocycles. The van der Waals surface area contributed by atoms with Gasteiger partial charge in [-0.25, -0.2) is 0 Å². The summed E-state index contributed by atoms with van der Waals surface area (Å²) in [5.74, 6) is 0.595. The molecule has 0 radical (unpaired) electrons. The molecule has 1 fully saturated rings. The molecule has 1 amide bonds. The third kappa shape index (κ3) is 2.59. The lowest BCUT2D eigenvalue weighted by Gasteiger charge is -2.29. The van der Waals surface area contributed by atoms with Crippen LogP contribution in [0.15, 0.2) is 54.6 Å². The first-order valence-corrected chi connectivity index (χ1v) is 7.76. The van der Waals surface area contributed by atoms with Gasteiger partial charge in [0.05, 0.1) is 24.3 Å². The highest BCUT2D eigenvalue weighted by atomic mass is 16.5. The number of nitrogens with zero attached hydrogens (tertiary/aromatic N) is 1. The number of para-hydroxylation sites is 2. The zero-order chi connectivity index (χ0) is 16.4. The maximum absolute atomic E-state index is 13.0. The highest BCUT2D eigenvalue weighted by molar-refractivity contribution is 6.01. The van der Waals surface area contributed by atoms with E-state index in [1.54, 1.807) is 12.0 Å². The zero-order valence-corrected chi connectivity index (χ0v) is 13.4. The molecular weight excluding hydrogens is 290 g/mol. The molecule has 0 saturated carbocycles. The largest absolute Gasteiger partial charge is 0.495 e. The first kappa shape index (κ1) is 15.6. The summed E-state index contributed by atoms with van der Waals surface area (Å²) in [7, 11) is 1.59. The summed E-state index contributed by atoms with van der Waals surface area (Å²) >= 11 is 0. The van der Waals surface area contributed by atoms with Crippen molar-refractivity contribution in [3.05, 3.63) is 60.2 Å². The second kappa shape index (κ2) is 6.05. The summed E-state index contributed by atoms with van der Waals surface area (Å²) in [5, 5.41) is 10.8. The van der Waals surface area contributed by atoms with E-state index in [1.165, 1.54) is 0 Å². The third-order valence-corrected chi connectivity index (χ3v) is 4.68. The highest BCUT2D eigenvalue weighted by Gasteiger charge is 2.49. The summed E-state index contributed by atoms with van der Waals surface area (Å²) in [4.78, 5) is 14.7. The fourth-order valence-corrected chi connectivity index (χ4v) is 3.20. The molecule has 0 bridgehead atoms. The predicted octanol–water partition coefficient (Wildman–Crippen LogP) is 3.17. The number of aliphatic hydroxyl groups is 1. The first-order valence-electron chi connectivity index (χ1n) is 7.76. The average molecular weight is 311 g/mol. The fraction of sp³-hybridized carbons (Fsp3) is 0.316. The van der Waals surface area contributed by atoms with E-state index in [0.717, 1.165) is 11.3 Å². The number of aliphatic hydroxyl groups excluding tert-OH is 1. The summed E-state index contributed by atoms with van der Waals surface area (Å²) in [6.07, 6.45) is -0.226. The van der Waals surface area contributed by atoms with Crippen LogP contribution in [0.3, 0.4) is 0 Å². The molecule has 23 heavy (non-hydrogen) atoms. The van der Waals surface area contributed by atoms with Crippen molar-refractivity contribution in [2.75, 3.05) is 18.6 Å². The number of amides is 1. The molecule has 0 aromatic heterocycles. The van der Waals surface area contributed by atoms with Crippen LogP contribution in [-0.2, 0) is 4.79 Å². The number of hydrogen-bond acceptors (Lipinski definition) is 3. The van der Waals surface area contributed by atoms with Gasteiger partial charge >= 0.3 is 0 Å². The number of rotatable bonds is 4. The van der Waals surface area contributed by atoms with Crippen LogP contribution < -0.4 is 9.64 Å². The van der Waals surface area contributed by atoms with Crippen molar-refractivity contribution in [3.8, 4) is 5.75 Å². The third-order valence-electron chi connectivity index (χ3n) is 4.68. The van der Waals surface area contributed by atoms with Gasteiger partial charge in [0.15, 0.2) is 0 Å². The number of hydrogen-bond donors (Lipinski definition) is 1. The maximum Gasteiger partial charge on any atom is 0.236 e. The molecule has 120 valence electrons. The minimum absolute atomic E-state index is 0.0710. The van der Waals surface area contributed by atoms with Crippen LogP contribution >= 0.6 is 0 Å². The van der Waals surface area contributed by atoms with Gasteiger partial charge in [-0.2, -0.15) is 0 Å². The Bertz CT molecular complexity index is 701. The van der Waals surface area contributed by atoms with E-state index >= 15 is 0 Å². The molecule has 0 aliphatic carbocycles. The van der Waals surface area contributed by atoms with Gasteiger partial charge in [-0.05, 0) is 31.0 Å². The zero-order valence-electron chi connectivity index (χ0n) is 13.4. The molecule has 1 heterocycles. The van der Waals surface area contributed by atoms with Crippen molar-refractivity contribution in [2.45, 2.75) is 19.4 Å². The molecule has 0 unspecified atom stereocenters. The molecule has 4 nitrogen and oxygen atoms in total. The van der Waals surface area contributed by atoms with Crippen molar-refractivity contribution in [3.63, 3.8) is 0 Å². The van der Waals surface area contributed by atoms with Crippen molar-refractivity contribution < 1.29 is 14.6 Å². The fourth-order valence-electron chi connectivity index (χ4n) is 3.20. The van der Waals surface area contributed by atoms with Gasteiger partial charge in [0, 0.05) is 6.54 Å². The highest BCUT2D eigenvalue weighted by Crippen LogP contribution is 2.45. The lowest BCUT2D eigenvalue weighted by molar-refractivity contribution is -0.130. The van der Waals surface area contributed by atoms with Gasteiger partial charge in [-0.3, -0.25) is 4.79 Å². The standard InChI is InChI=1S/C19H21NO3/c1-19(17(21)14-8-4-3-5-9-14)12-13-20(18(19)22)15-10-6-7-11-16(15)23-2/h3-11,17,21H,12-13H2,1-2H3/t17-,19-/m0/s1. The second-order valence-electron chi connectivity index (χ2n) is 6.11.